The van der Waals surface area contributed by atoms with Crippen LogP contribution < -0.4 is 5.32 Å². The second kappa shape index (κ2) is 5.42. The molecular weight excluding hydrogens is 232 g/mol. The highest BCUT2D eigenvalue weighted by Crippen LogP contribution is 2.29. The van der Waals surface area contributed by atoms with Crippen LogP contribution in [0.1, 0.15) is 34.1 Å². The molecule has 0 spiro atoms. The fourth-order valence-corrected chi connectivity index (χ4v) is 1.87. The van der Waals surface area contributed by atoms with E-state index in [1.165, 1.54) is 12.5 Å². The number of hydrogen-bond acceptors (Lipinski definition) is 2. The Balaban J connectivity index is 2.55. The lowest BCUT2D eigenvalue weighted by Gasteiger charge is -2.32. The van der Waals surface area contributed by atoms with Crippen LogP contribution in [-0.2, 0) is 4.79 Å². The van der Waals surface area contributed by atoms with Crippen molar-refractivity contribution in [2.45, 2.75) is 40.2 Å². The number of carboxylic acids is 1. The maximum absolute atomic E-state index is 11.8. The zero-order valence-corrected chi connectivity index (χ0v) is 11.5. The molecular formula is C13H22N2O3. The summed E-state index contributed by atoms with van der Waals surface area (Å²) in [6, 6.07) is -1.17. The quantitative estimate of drug-likeness (QED) is 0.739. The number of rotatable bonds is 2. The molecule has 1 rings (SSSR count). The van der Waals surface area contributed by atoms with Crippen molar-refractivity contribution in [3.63, 3.8) is 0 Å². The smallest absolute Gasteiger partial charge is 0.325 e. The molecule has 5 heteroatoms. The normalized spacial score (nSPS) is 18.0. The maximum atomic E-state index is 11.8. The molecule has 18 heavy (non-hydrogen) atoms. The van der Waals surface area contributed by atoms with E-state index in [9.17, 15) is 9.59 Å². The minimum Gasteiger partial charge on any atom is -0.480 e. The summed E-state index contributed by atoms with van der Waals surface area (Å²) in [5.74, 6) is -1.02. The molecule has 0 aromatic heterocycles. The topological polar surface area (TPSA) is 69.6 Å². The van der Waals surface area contributed by atoms with Gasteiger partial charge in [-0.05, 0) is 18.8 Å². The number of nitrogens with zero attached hydrogens (tertiary/aromatic N) is 1. The minimum atomic E-state index is -1.02. The van der Waals surface area contributed by atoms with E-state index in [4.69, 9.17) is 5.11 Å². The van der Waals surface area contributed by atoms with Crippen molar-refractivity contribution >= 4 is 12.0 Å². The first-order valence-corrected chi connectivity index (χ1v) is 6.19. The van der Waals surface area contributed by atoms with E-state index in [2.05, 4.69) is 32.2 Å². The predicted molar refractivity (Wildman–Crippen MR) is 69.4 cm³/mol. The van der Waals surface area contributed by atoms with Gasteiger partial charge in [-0.3, -0.25) is 4.79 Å². The zero-order valence-electron chi connectivity index (χ0n) is 11.5. The summed E-state index contributed by atoms with van der Waals surface area (Å²) >= 11 is 0. The second-order valence-corrected chi connectivity index (χ2v) is 5.68. The summed E-state index contributed by atoms with van der Waals surface area (Å²) in [4.78, 5) is 24.1. The van der Waals surface area contributed by atoms with Crippen molar-refractivity contribution in [1.82, 2.24) is 10.2 Å². The molecule has 0 fully saturated rings. The third-order valence-electron chi connectivity index (χ3n) is 3.17. The summed E-state index contributed by atoms with van der Waals surface area (Å²) in [5.41, 5.74) is 1.48. The monoisotopic (exact) mass is 254 g/mol. The predicted octanol–water partition coefficient (Wildman–Crippen LogP) is 1.85. The highest BCUT2D eigenvalue weighted by molar-refractivity contribution is 5.82. The summed E-state index contributed by atoms with van der Waals surface area (Å²) in [7, 11) is 0. The first-order valence-electron chi connectivity index (χ1n) is 6.19. The van der Waals surface area contributed by atoms with E-state index in [0.29, 0.717) is 13.1 Å². The average Bonchev–Trinajstić information content (AvgIpc) is 2.27. The van der Waals surface area contributed by atoms with Crippen LogP contribution in [0.2, 0.25) is 0 Å². The van der Waals surface area contributed by atoms with Gasteiger partial charge in [-0.25, -0.2) is 4.79 Å². The fraction of sp³-hybridized carbons (Fsp3) is 0.692. The molecule has 1 atom stereocenters. The largest absolute Gasteiger partial charge is 0.480 e. The highest BCUT2D eigenvalue weighted by Gasteiger charge is 2.25. The summed E-state index contributed by atoms with van der Waals surface area (Å²) < 4.78 is 0. The Hall–Kier alpha value is -1.52. The van der Waals surface area contributed by atoms with Crippen LogP contribution in [0.5, 0.6) is 0 Å². The van der Waals surface area contributed by atoms with Crippen LogP contribution in [0.25, 0.3) is 0 Å². The molecule has 0 aromatic carbocycles. The summed E-state index contributed by atoms with van der Waals surface area (Å²) in [6.07, 6.45) is 2.91. The number of urea groups is 1. The van der Waals surface area contributed by atoms with Gasteiger partial charge in [0.2, 0.25) is 0 Å². The number of hydrogen-bond donors (Lipinski definition) is 2. The molecule has 0 aromatic rings. The van der Waals surface area contributed by atoms with E-state index >= 15 is 0 Å². The van der Waals surface area contributed by atoms with Crippen LogP contribution in [0, 0.1) is 5.41 Å². The lowest BCUT2D eigenvalue weighted by Crippen LogP contribution is -2.48. The van der Waals surface area contributed by atoms with Gasteiger partial charge in [-0.1, -0.05) is 32.4 Å². The molecule has 2 N–H and O–H groups in total. The van der Waals surface area contributed by atoms with Crippen LogP contribution >= 0.6 is 0 Å². The van der Waals surface area contributed by atoms with Gasteiger partial charge in [0.05, 0.1) is 0 Å². The zero-order chi connectivity index (χ0) is 13.9. The van der Waals surface area contributed by atoms with Crippen molar-refractivity contribution in [1.29, 1.82) is 0 Å². The lowest BCUT2D eigenvalue weighted by molar-refractivity contribution is -0.138. The molecule has 2 amide bonds. The lowest BCUT2D eigenvalue weighted by atomic mass is 9.83. The molecule has 0 saturated carbocycles. The maximum Gasteiger partial charge on any atom is 0.325 e. The summed E-state index contributed by atoms with van der Waals surface area (Å²) in [6.45, 7) is 9.11. The van der Waals surface area contributed by atoms with Gasteiger partial charge in [0.1, 0.15) is 6.04 Å². The Bertz CT molecular complexity index is 369. The number of carbonyl (C=O) groups is 2. The molecule has 1 aliphatic rings. The summed E-state index contributed by atoms with van der Waals surface area (Å²) in [5, 5.41) is 11.2. The average molecular weight is 254 g/mol. The van der Waals surface area contributed by atoms with Crippen LogP contribution in [-0.4, -0.2) is 41.1 Å². The Kier molecular flexibility index (Phi) is 4.38. The van der Waals surface area contributed by atoms with Gasteiger partial charge in [0.25, 0.3) is 0 Å². The molecule has 1 heterocycles. The van der Waals surface area contributed by atoms with Crippen LogP contribution in [0.4, 0.5) is 4.79 Å². The van der Waals surface area contributed by atoms with Gasteiger partial charge in [-0.15, -0.1) is 0 Å². The Morgan fingerprint density at radius 3 is 2.44 bits per heavy atom. The number of carboxylic acid groups (broad SMARTS) is 1. The molecule has 102 valence electrons. The number of amides is 2. The molecule has 0 saturated heterocycles. The van der Waals surface area contributed by atoms with Crippen LogP contribution in [0.15, 0.2) is 11.6 Å². The van der Waals surface area contributed by atoms with Crippen molar-refractivity contribution < 1.29 is 14.7 Å². The molecule has 0 aliphatic carbocycles. The van der Waals surface area contributed by atoms with E-state index in [1.54, 1.807) is 4.90 Å². The molecule has 0 unspecified atom stereocenters. The number of carbonyl (C=O) groups excluding carboxylic acids is 1. The number of aliphatic carboxylic acids is 1. The van der Waals surface area contributed by atoms with E-state index in [-0.39, 0.29) is 11.4 Å². The molecule has 0 bridgehead atoms. The van der Waals surface area contributed by atoms with Gasteiger partial charge in [0.15, 0.2) is 0 Å². The Morgan fingerprint density at radius 1 is 1.44 bits per heavy atom. The second-order valence-electron chi connectivity index (χ2n) is 5.68. The first kappa shape index (κ1) is 14.5. The first-order chi connectivity index (χ1) is 8.21. The van der Waals surface area contributed by atoms with Gasteiger partial charge >= 0.3 is 12.0 Å². The van der Waals surface area contributed by atoms with Crippen molar-refractivity contribution in [2.24, 2.45) is 5.41 Å². The molecule has 0 radical (unpaired) electrons. The number of nitrogens with one attached hydrogen (secondary N) is 1. The SMILES string of the molecule is C[C@H](NC(=O)N1CC=C(C(C)(C)C)CC1)C(=O)O. The van der Waals surface area contributed by atoms with E-state index in [1.807, 2.05) is 0 Å². The molecule has 1 aliphatic heterocycles. The van der Waals surface area contributed by atoms with Gasteiger partial charge < -0.3 is 15.3 Å². The van der Waals surface area contributed by atoms with Gasteiger partial charge in [-0.2, -0.15) is 0 Å². The van der Waals surface area contributed by atoms with Crippen LogP contribution in [0.3, 0.4) is 0 Å². The fourth-order valence-electron chi connectivity index (χ4n) is 1.87. The highest BCUT2D eigenvalue weighted by atomic mass is 16.4. The van der Waals surface area contributed by atoms with E-state index in [0.717, 1.165) is 6.42 Å². The Morgan fingerprint density at radius 2 is 2.06 bits per heavy atom. The minimum absolute atomic E-state index is 0.136. The van der Waals surface area contributed by atoms with Crippen molar-refractivity contribution in [3.8, 4) is 0 Å². The Labute approximate surface area is 108 Å². The molecule has 5 nitrogen and oxygen atoms in total. The van der Waals surface area contributed by atoms with Crippen molar-refractivity contribution in [3.05, 3.63) is 11.6 Å². The third-order valence-corrected chi connectivity index (χ3v) is 3.17. The third kappa shape index (κ3) is 3.75. The van der Waals surface area contributed by atoms with E-state index < -0.39 is 12.0 Å². The van der Waals surface area contributed by atoms with Gasteiger partial charge in [0, 0.05) is 13.1 Å². The van der Waals surface area contributed by atoms with Crippen molar-refractivity contribution in [2.75, 3.05) is 13.1 Å². The standard InChI is InChI=1S/C13H22N2O3/c1-9(11(16)17)14-12(18)15-7-5-10(6-8-15)13(2,3)4/h5,9H,6-8H2,1-4H3,(H,14,18)(H,16,17)/t9-/m0/s1.